The zero-order valence-corrected chi connectivity index (χ0v) is 15.6. The van der Waals surface area contributed by atoms with Crippen molar-refractivity contribution in [2.45, 2.75) is 19.1 Å². The Morgan fingerprint density at radius 3 is 2.71 bits per heavy atom. The molecule has 0 spiro atoms. The highest BCUT2D eigenvalue weighted by Gasteiger charge is 2.23. The third-order valence-corrected chi connectivity index (χ3v) is 5.23. The molecule has 1 atom stereocenters. The first-order chi connectivity index (χ1) is 13.6. The van der Waals surface area contributed by atoms with Crippen molar-refractivity contribution in [1.29, 1.82) is 0 Å². The Kier molecular flexibility index (Phi) is 5.84. The molecule has 0 saturated carbocycles. The third kappa shape index (κ3) is 4.31. The maximum atomic E-state index is 12.6. The monoisotopic (exact) mass is 394 g/mol. The number of ether oxygens (including phenoxy) is 2. The largest absolute Gasteiger partial charge is 0.376 e. The molecule has 2 aromatic rings. The average Bonchev–Trinajstić information content (AvgIpc) is 2.71. The van der Waals surface area contributed by atoms with Crippen LogP contribution in [0.4, 0.5) is 14.5 Å². The topological polar surface area (TPSA) is 59.8 Å². The zero-order valence-electron chi connectivity index (χ0n) is 15.6. The van der Waals surface area contributed by atoms with Crippen molar-refractivity contribution >= 4 is 16.6 Å². The van der Waals surface area contributed by atoms with Gasteiger partial charge in [-0.1, -0.05) is 0 Å². The molecule has 9 heteroatoms. The van der Waals surface area contributed by atoms with Crippen LogP contribution in [0.3, 0.4) is 0 Å². The molecule has 3 heterocycles. The minimum Gasteiger partial charge on any atom is -0.376 e. The highest BCUT2D eigenvalue weighted by Crippen LogP contribution is 2.21. The van der Waals surface area contributed by atoms with Gasteiger partial charge in [0, 0.05) is 38.4 Å². The van der Waals surface area contributed by atoms with Gasteiger partial charge in [-0.2, -0.15) is 0 Å². The number of hydrogen-bond acceptors (Lipinski definition) is 6. The van der Waals surface area contributed by atoms with E-state index in [1.54, 1.807) is 6.07 Å². The van der Waals surface area contributed by atoms with E-state index in [1.807, 2.05) is 12.1 Å². The van der Waals surface area contributed by atoms with E-state index in [9.17, 15) is 13.6 Å². The molecule has 1 aromatic heterocycles. The predicted octanol–water partition coefficient (Wildman–Crippen LogP) is 1.20. The molecule has 7 nitrogen and oxygen atoms in total. The lowest BCUT2D eigenvalue weighted by atomic mass is 10.2. The molecule has 0 bridgehead atoms. The van der Waals surface area contributed by atoms with Crippen LogP contribution in [-0.4, -0.2) is 79.5 Å². The first-order valence-corrected chi connectivity index (χ1v) is 9.54. The molecule has 2 aliphatic heterocycles. The standard InChI is InChI=1S/C19H24F2N4O3/c20-18(21)11-25-13-22-17-9-14(1-2-16(17)19(25)26)24-5-3-23(4-6-24)10-15-12-27-7-8-28-15/h1-2,9,13,15,18H,3-8,10-12H2. The lowest BCUT2D eigenvalue weighted by Crippen LogP contribution is -2.50. The second kappa shape index (κ2) is 8.50. The molecule has 0 amide bonds. The normalized spacial score (nSPS) is 21.5. The van der Waals surface area contributed by atoms with Crippen LogP contribution < -0.4 is 10.5 Å². The zero-order chi connectivity index (χ0) is 19.5. The summed E-state index contributed by atoms with van der Waals surface area (Å²) in [6.07, 6.45) is -1.25. The molecule has 1 unspecified atom stereocenters. The summed E-state index contributed by atoms with van der Waals surface area (Å²) in [5.41, 5.74) is 1.09. The minimum absolute atomic E-state index is 0.139. The molecule has 4 rings (SSSR count). The van der Waals surface area contributed by atoms with E-state index < -0.39 is 18.5 Å². The van der Waals surface area contributed by atoms with Crippen molar-refractivity contribution < 1.29 is 18.3 Å². The number of fused-ring (bicyclic) bond motifs is 1. The van der Waals surface area contributed by atoms with Crippen LogP contribution in [0.1, 0.15) is 0 Å². The summed E-state index contributed by atoms with van der Waals surface area (Å²) in [6.45, 7) is 5.78. The number of halogens is 2. The van der Waals surface area contributed by atoms with Gasteiger partial charge in [0.15, 0.2) is 0 Å². The lowest BCUT2D eigenvalue weighted by Gasteiger charge is -2.38. The van der Waals surface area contributed by atoms with Gasteiger partial charge in [0.1, 0.15) is 0 Å². The molecular weight excluding hydrogens is 370 g/mol. The van der Waals surface area contributed by atoms with Gasteiger partial charge in [0.2, 0.25) is 0 Å². The highest BCUT2D eigenvalue weighted by atomic mass is 19.3. The van der Waals surface area contributed by atoms with Gasteiger partial charge >= 0.3 is 0 Å². The number of alkyl halides is 2. The Hall–Kier alpha value is -2.10. The summed E-state index contributed by atoms with van der Waals surface area (Å²) in [4.78, 5) is 21.2. The van der Waals surface area contributed by atoms with Gasteiger partial charge in [-0.15, -0.1) is 0 Å². The average molecular weight is 394 g/mol. The van der Waals surface area contributed by atoms with Gasteiger partial charge < -0.3 is 14.4 Å². The van der Waals surface area contributed by atoms with E-state index in [0.717, 1.165) is 43.0 Å². The van der Waals surface area contributed by atoms with E-state index in [4.69, 9.17) is 9.47 Å². The van der Waals surface area contributed by atoms with Crippen LogP contribution >= 0.6 is 0 Å². The van der Waals surface area contributed by atoms with Crippen LogP contribution in [0.25, 0.3) is 10.9 Å². The Morgan fingerprint density at radius 2 is 2.00 bits per heavy atom. The summed E-state index contributed by atoms with van der Waals surface area (Å²) in [5.74, 6) is 0. The van der Waals surface area contributed by atoms with Crippen molar-refractivity contribution in [2.75, 3.05) is 57.4 Å². The van der Waals surface area contributed by atoms with Gasteiger partial charge in [0.05, 0.1) is 49.7 Å². The maximum absolute atomic E-state index is 12.6. The fraction of sp³-hybridized carbons (Fsp3) is 0.579. The second-order valence-electron chi connectivity index (χ2n) is 7.15. The van der Waals surface area contributed by atoms with E-state index in [-0.39, 0.29) is 6.10 Å². The van der Waals surface area contributed by atoms with Crippen molar-refractivity contribution in [3.63, 3.8) is 0 Å². The fourth-order valence-corrected chi connectivity index (χ4v) is 3.74. The molecule has 2 fully saturated rings. The van der Waals surface area contributed by atoms with Crippen molar-refractivity contribution in [1.82, 2.24) is 14.5 Å². The Balaban J connectivity index is 1.41. The number of rotatable bonds is 5. The van der Waals surface area contributed by atoms with E-state index >= 15 is 0 Å². The number of piperazine rings is 1. The number of benzene rings is 1. The molecule has 0 N–H and O–H groups in total. The summed E-state index contributed by atoms with van der Waals surface area (Å²) >= 11 is 0. The fourth-order valence-electron chi connectivity index (χ4n) is 3.74. The molecule has 28 heavy (non-hydrogen) atoms. The molecule has 0 aliphatic carbocycles. The Labute approximate surface area is 161 Å². The number of anilines is 1. The van der Waals surface area contributed by atoms with Gasteiger partial charge in [-0.3, -0.25) is 14.3 Å². The number of nitrogens with zero attached hydrogens (tertiary/aromatic N) is 4. The first-order valence-electron chi connectivity index (χ1n) is 9.54. The number of aromatic nitrogens is 2. The minimum atomic E-state index is -2.59. The SMILES string of the molecule is O=c1c2ccc(N3CCN(CC4COCCO4)CC3)cc2ncn1CC(F)F. The van der Waals surface area contributed by atoms with Crippen LogP contribution in [0.2, 0.25) is 0 Å². The molecule has 0 radical (unpaired) electrons. The van der Waals surface area contributed by atoms with Crippen LogP contribution in [0.15, 0.2) is 29.3 Å². The molecule has 1 aromatic carbocycles. The molecule has 2 aliphatic rings. The molecule has 152 valence electrons. The molecule has 2 saturated heterocycles. The van der Waals surface area contributed by atoms with Crippen molar-refractivity contribution in [3.8, 4) is 0 Å². The van der Waals surface area contributed by atoms with E-state index in [2.05, 4.69) is 14.8 Å². The summed E-state index contributed by atoms with van der Waals surface area (Å²) < 4.78 is 37.3. The summed E-state index contributed by atoms with van der Waals surface area (Å²) in [7, 11) is 0. The third-order valence-electron chi connectivity index (χ3n) is 5.23. The van der Waals surface area contributed by atoms with E-state index in [0.29, 0.717) is 30.7 Å². The predicted molar refractivity (Wildman–Crippen MR) is 101 cm³/mol. The Bertz CT molecular complexity index is 862. The second-order valence-corrected chi connectivity index (χ2v) is 7.15. The molecular formula is C19H24F2N4O3. The quantitative estimate of drug-likeness (QED) is 0.760. The number of hydrogen-bond donors (Lipinski definition) is 0. The maximum Gasteiger partial charge on any atom is 0.261 e. The van der Waals surface area contributed by atoms with Gasteiger partial charge in [-0.05, 0) is 18.2 Å². The van der Waals surface area contributed by atoms with Crippen molar-refractivity contribution in [2.24, 2.45) is 0 Å². The van der Waals surface area contributed by atoms with Crippen molar-refractivity contribution in [3.05, 3.63) is 34.9 Å². The van der Waals surface area contributed by atoms with Gasteiger partial charge in [-0.25, -0.2) is 13.8 Å². The van der Waals surface area contributed by atoms with Crippen LogP contribution in [0.5, 0.6) is 0 Å². The highest BCUT2D eigenvalue weighted by molar-refractivity contribution is 5.81. The lowest BCUT2D eigenvalue weighted by molar-refractivity contribution is -0.0977. The summed E-state index contributed by atoms with van der Waals surface area (Å²) in [6, 6.07) is 5.41. The first kappa shape index (κ1) is 19.2. The smallest absolute Gasteiger partial charge is 0.261 e. The van der Waals surface area contributed by atoms with E-state index in [1.165, 1.54) is 6.33 Å². The van der Waals surface area contributed by atoms with Crippen LogP contribution in [-0.2, 0) is 16.0 Å². The van der Waals surface area contributed by atoms with Gasteiger partial charge in [0.25, 0.3) is 12.0 Å². The Morgan fingerprint density at radius 1 is 1.18 bits per heavy atom. The van der Waals surface area contributed by atoms with Crippen LogP contribution in [0, 0.1) is 0 Å². The summed E-state index contributed by atoms with van der Waals surface area (Å²) in [5, 5.41) is 0.361.